The van der Waals surface area contributed by atoms with Gasteiger partial charge in [0.2, 0.25) is 0 Å². The van der Waals surface area contributed by atoms with Crippen molar-refractivity contribution in [3.05, 3.63) is 82.9 Å². The number of hydrogen-bond acceptors (Lipinski definition) is 4. The van der Waals surface area contributed by atoms with Crippen molar-refractivity contribution < 1.29 is 27.4 Å². The zero-order valence-corrected chi connectivity index (χ0v) is 16.7. The van der Waals surface area contributed by atoms with Crippen LogP contribution in [0.3, 0.4) is 0 Å². The highest BCUT2D eigenvalue weighted by atomic mass is 19.4. The molecule has 8 heteroatoms. The molecular formula is C24H15F3N2O3. The van der Waals surface area contributed by atoms with Crippen molar-refractivity contribution >= 4 is 23.2 Å². The van der Waals surface area contributed by atoms with Crippen LogP contribution < -0.4 is 14.8 Å². The molecule has 0 atom stereocenters. The van der Waals surface area contributed by atoms with Crippen LogP contribution in [0.4, 0.5) is 18.9 Å². The smallest absolute Gasteiger partial charge is 0.420 e. The molecule has 3 aromatic rings. The summed E-state index contributed by atoms with van der Waals surface area (Å²) >= 11 is 0. The summed E-state index contributed by atoms with van der Waals surface area (Å²) in [6, 6.07) is 16.6. The lowest BCUT2D eigenvalue weighted by Gasteiger charge is -2.16. The number of nitrogens with zero attached hydrogens (tertiary/aromatic N) is 1. The summed E-state index contributed by atoms with van der Waals surface area (Å²) in [6.07, 6.45) is -3.04. The second kappa shape index (κ2) is 8.12. The van der Waals surface area contributed by atoms with Crippen molar-refractivity contribution in [1.29, 1.82) is 5.26 Å². The van der Waals surface area contributed by atoms with E-state index in [0.717, 1.165) is 17.7 Å². The van der Waals surface area contributed by atoms with Gasteiger partial charge in [-0.1, -0.05) is 24.3 Å². The van der Waals surface area contributed by atoms with Gasteiger partial charge in [0.25, 0.3) is 5.91 Å². The number of fused-ring (bicyclic) bond motifs is 1. The fourth-order valence-electron chi connectivity index (χ4n) is 3.34. The van der Waals surface area contributed by atoms with Gasteiger partial charge in [-0.15, -0.1) is 0 Å². The predicted octanol–water partition coefficient (Wildman–Crippen LogP) is 5.87. The summed E-state index contributed by atoms with van der Waals surface area (Å²) in [5.41, 5.74) is 1.33. The Bertz CT molecular complexity index is 1290. The topological polar surface area (TPSA) is 71.3 Å². The number of anilines is 1. The second-order valence-corrected chi connectivity index (χ2v) is 6.89. The van der Waals surface area contributed by atoms with Crippen molar-refractivity contribution in [1.82, 2.24) is 0 Å². The van der Waals surface area contributed by atoms with Gasteiger partial charge in [-0.3, -0.25) is 4.79 Å². The minimum absolute atomic E-state index is 0.0566. The zero-order chi connectivity index (χ0) is 22.9. The molecule has 0 radical (unpaired) electrons. The Morgan fingerprint density at radius 3 is 2.47 bits per heavy atom. The lowest BCUT2D eigenvalue weighted by Crippen LogP contribution is -2.08. The average Bonchev–Trinajstić information content (AvgIpc) is 3.09. The Balaban J connectivity index is 1.70. The van der Waals surface area contributed by atoms with Gasteiger partial charge in [0.15, 0.2) is 11.5 Å². The molecule has 5 nitrogen and oxygen atoms in total. The summed E-state index contributed by atoms with van der Waals surface area (Å²) in [4.78, 5) is 12.3. The molecule has 0 bridgehead atoms. The third-order valence-electron chi connectivity index (χ3n) is 4.84. The molecule has 1 aliphatic heterocycles. The maximum absolute atomic E-state index is 13.4. The first-order chi connectivity index (χ1) is 15.3. The Hall–Kier alpha value is -4.25. The highest BCUT2D eigenvalue weighted by Gasteiger charge is 2.35. The molecule has 32 heavy (non-hydrogen) atoms. The third kappa shape index (κ3) is 4.01. The summed E-state index contributed by atoms with van der Waals surface area (Å²) in [5, 5.41) is 11.7. The van der Waals surface area contributed by atoms with E-state index in [1.807, 2.05) is 18.2 Å². The molecule has 0 saturated carbocycles. The van der Waals surface area contributed by atoms with E-state index >= 15 is 0 Å². The van der Waals surface area contributed by atoms with Gasteiger partial charge in [-0.05, 0) is 48.0 Å². The summed E-state index contributed by atoms with van der Waals surface area (Å²) in [7, 11) is 1.36. The first-order valence-electron chi connectivity index (χ1n) is 9.40. The Labute approximate surface area is 181 Å². The highest BCUT2D eigenvalue weighted by molar-refractivity contribution is 6.34. The van der Waals surface area contributed by atoms with Gasteiger partial charge in [-0.25, -0.2) is 0 Å². The van der Waals surface area contributed by atoms with Gasteiger partial charge in [0.1, 0.15) is 5.75 Å². The van der Waals surface area contributed by atoms with Gasteiger partial charge < -0.3 is 14.8 Å². The van der Waals surface area contributed by atoms with Gasteiger partial charge >= 0.3 is 6.18 Å². The molecule has 3 aromatic carbocycles. The SMILES string of the molecule is COc1cc(C=C2C(=O)Nc3ccccc32)ccc1Oc1ccc(C#N)cc1C(F)(F)F. The summed E-state index contributed by atoms with van der Waals surface area (Å²) in [6.45, 7) is 0. The standard InChI is InChI=1S/C24H15F3N2O3/c1-31-22-12-14(10-17-16-4-2-3-5-19(16)29-23(17)30)6-9-21(22)32-20-8-7-15(13-28)11-18(20)24(25,26)27/h2-12H,1H3,(H,29,30). The monoisotopic (exact) mass is 436 g/mol. The molecule has 0 unspecified atom stereocenters. The van der Waals surface area contributed by atoms with E-state index in [1.54, 1.807) is 30.3 Å². The number of hydrogen-bond donors (Lipinski definition) is 1. The van der Waals surface area contributed by atoms with Crippen LogP contribution in [0.1, 0.15) is 22.3 Å². The van der Waals surface area contributed by atoms with Crippen LogP contribution in [-0.2, 0) is 11.0 Å². The number of rotatable bonds is 4. The highest BCUT2D eigenvalue weighted by Crippen LogP contribution is 2.41. The Kier molecular flexibility index (Phi) is 5.33. The molecule has 1 N–H and O–H groups in total. The summed E-state index contributed by atoms with van der Waals surface area (Å²) < 4.78 is 51.1. The van der Waals surface area contributed by atoms with Crippen molar-refractivity contribution in [2.24, 2.45) is 0 Å². The zero-order valence-electron chi connectivity index (χ0n) is 16.7. The largest absolute Gasteiger partial charge is 0.493 e. The number of ether oxygens (including phenoxy) is 2. The number of para-hydroxylation sites is 1. The molecule has 0 aliphatic carbocycles. The number of nitrogens with one attached hydrogen (secondary N) is 1. The van der Waals surface area contributed by atoms with Crippen LogP contribution in [0.15, 0.2) is 60.7 Å². The number of halogens is 3. The number of methoxy groups -OCH3 is 1. The van der Waals surface area contributed by atoms with Crippen LogP contribution in [0, 0.1) is 11.3 Å². The average molecular weight is 436 g/mol. The fourth-order valence-corrected chi connectivity index (χ4v) is 3.34. The molecule has 0 spiro atoms. The third-order valence-corrected chi connectivity index (χ3v) is 4.84. The number of alkyl halides is 3. The molecule has 1 amide bonds. The molecule has 160 valence electrons. The maximum Gasteiger partial charge on any atom is 0.420 e. The van der Waals surface area contributed by atoms with Gasteiger partial charge in [0.05, 0.1) is 24.3 Å². The quantitative estimate of drug-likeness (QED) is 0.519. The minimum Gasteiger partial charge on any atom is -0.493 e. The number of nitriles is 1. The normalized spacial score (nSPS) is 14.0. The van der Waals surface area contributed by atoms with E-state index in [0.29, 0.717) is 16.8 Å². The van der Waals surface area contributed by atoms with Crippen molar-refractivity contribution in [2.45, 2.75) is 6.18 Å². The van der Waals surface area contributed by atoms with Crippen LogP contribution in [0.25, 0.3) is 11.6 Å². The van der Waals surface area contributed by atoms with Crippen molar-refractivity contribution in [3.63, 3.8) is 0 Å². The Morgan fingerprint density at radius 2 is 1.75 bits per heavy atom. The lowest BCUT2D eigenvalue weighted by atomic mass is 10.0. The lowest BCUT2D eigenvalue weighted by molar-refractivity contribution is -0.138. The van der Waals surface area contributed by atoms with Crippen LogP contribution >= 0.6 is 0 Å². The molecule has 4 rings (SSSR count). The van der Waals surface area contributed by atoms with E-state index in [9.17, 15) is 18.0 Å². The van der Waals surface area contributed by atoms with Crippen LogP contribution in [0.5, 0.6) is 17.2 Å². The maximum atomic E-state index is 13.4. The molecule has 0 saturated heterocycles. The second-order valence-electron chi connectivity index (χ2n) is 6.89. The number of carbonyl (C=O) groups excluding carboxylic acids is 1. The fraction of sp³-hybridized carbons (Fsp3) is 0.0833. The number of benzene rings is 3. The molecule has 1 heterocycles. The number of amides is 1. The van der Waals surface area contributed by atoms with Crippen molar-refractivity contribution in [3.8, 4) is 23.3 Å². The number of carbonyl (C=O) groups is 1. The van der Waals surface area contributed by atoms with E-state index in [1.165, 1.54) is 19.2 Å². The van der Waals surface area contributed by atoms with E-state index in [-0.39, 0.29) is 23.0 Å². The van der Waals surface area contributed by atoms with Crippen LogP contribution in [-0.4, -0.2) is 13.0 Å². The first-order valence-corrected chi connectivity index (χ1v) is 9.40. The van der Waals surface area contributed by atoms with E-state index < -0.39 is 17.5 Å². The van der Waals surface area contributed by atoms with Crippen LogP contribution in [0.2, 0.25) is 0 Å². The van der Waals surface area contributed by atoms with E-state index in [2.05, 4.69) is 5.32 Å². The van der Waals surface area contributed by atoms with E-state index in [4.69, 9.17) is 14.7 Å². The van der Waals surface area contributed by atoms with Crippen molar-refractivity contribution in [2.75, 3.05) is 12.4 Å². The molecular weight excluding hydrogens is 421 g/mol. The molecule has 0 fully saturated rings. The van der Waals surface area contributed by atoms with Gasteiger partial charge in [-0.2, -0.15) is 18.4 Å². The molecule has 1 aliphatic rings. The minimum atomic E-state index is -4.71. The first kappa shape index (κ1) is 21.0. The molecule has 0 aromatic heterocycles. The predicted molar refractivity (Wildman–Crippen MR) is 112 cm³/mol. The summed E-state index contributed by atoms with van der Waals surface area (Å²) in [5.74, 6) is -0.465. The van der Waals surface area contributed by atoms with Gasteiger partial charge in [0, 0.05) is 16.8 Å². The Morgan fingerprint density at radius 1 is 1.00 bits per heavy atom.